The first-order valence-electron chi connectivity index (χ1n) is 9.46. The summed E-state index contributed by atoms with van der Waals surface area (Å²) in [6, 6.07) is 21.6. The number of nitrogens with one attached hydrogen (secondary N) is 1. The maximum atomic E-state index is 13.6. The van der Waals surface area contributed by atoms with Gasteiger partial charge in [0.2, 0.25) is 0 Å². The second kappa shape index (κ2) is 8.29. The van der Waals surface area contributed by atoms with E-state index in [1.807, 2.05) is 30.3 Å². The Hall–Kier alpha value is -3.80. The van der Waals surface area contributed by atoms with Gasteiger partial charge in [-0.1, -0.05) is 60.7 Å². The molecule has 0 saturated carbocycles. The van der Waals surface area contributed by atoms with Crippen molar-refractivity contribution in [3.63, 3.8) is 0 Å². The van der Waals surface area contributed by atoms with Gasteiger partial charge in [0.15, 0.2) is 11.6 Å². The molecule has 0 aliphatic carbocycles. The van der Waals surface area contributed by atoms with Gasteiger partial charge in [-0.05, 0) is 29.7 Å². The predicted molar refractivity (Wildman–Crippen MR) is 110 cm³/mol. The molecule has 1 N–H and O–H groups in total. The van der Waals surface area contributed by atoms with Crippen LogP contribution in [0.3, 0.4) is 0 Å². The maximum Gasteiger partial charge on any atom is 0.278 e. The molecule has 150 valence electrons. The highest BCUT2D eigenvalue weighted by molar-refractivity contribution is 6.36. The van der Waals surface area contributed by atoms with Gasteiger partial charge >= 0.3 is 0 Å². The Kier molecular flexibility index (Phi) is 5.39. The number of hydrogen-bond donors (Lipinski definition) is 1. The van der Waals surface area contributed by atoms with Crippen molar-refractivity contribution in [2.75, 3.05) is 11.9 Å². The molecule has 0 radical (unpaired) electrons. The molecule has 0 saturated heterocycles. The van der Waals surface area contributed by atoms with Crippen LogP contribution in [-0.2, 0) is 16.0 Å². The SMILES string of the molecule is O=C1C(Nc2ccc(F)c(F)c2)=C(c2ccccc2)C(=O)N1CCc1ccccc1. The summed E-state index contributed by atoms with van der Waals surface area (Å²) in [6.45, 7) is 0.209. The summed E-state index contributed by atoms with van der Waals surface area (Å²) in [5.74, 6) is -2.96. The minimum absolute atomic E-state index is 0.0465. The highest BCUT2D eigenvalue weighted by Gasteiger charge is 2.38. The van der Waals surface area contributed by atoms with Crippen LogP contribution in [0.15, 0.2) is 84.6 Å². The van der Waals surface area contributed by atoms with E-state index in [4.69, 9.17) is 0 Å². The van der Waals surface area contributed by atoms with Gasteiger partial charge in [0.25, 0.3) is 11.8 Å². The Morgan fingerprint density at radius 3 is 2.10 bits per heavy atom. The predicted octanol–water partition coefficient (Wildman–Crippen LogP) is 4.40. The third-order valence-corrected chi connectivity index (χ3v) is 4.89. The normalized spacial score (nSPS) is 13.9. The fraction of sp³-hybridized carbons (Fsp3) is 0.0833. The van der Waals surface area contributed by atoms with Crippen LogP contribution in [0.4, 0.5) is 14.5 Å². The molecular weight excluding hydrogens is 386 g/mol. The van der Waals surface area contributed by atoms with E-state index in [0.717, 1.165) is 17.7 Å². The zero-order chi connectivity index (χ0) is 21.1. The molecule has 0 fully saturated rings. The number of amides is 2. The lowest BCUT2D eigenvalue weighted by Crippen LogP contribution is -2.34. The van der Waals surface area contributed by atoms with Crippen LogP contribution in [-0.4, -0.2) is 23.3 Å². The van der Waals surface area contributed by atoms with E-state index < -0.39 is 23.4 Å². The van der Waals surface area contributed by atoms with Crippen LogP contribution in [0.2, 0.25) is 0 Å². The van der Waals surface area contributed by atoms with Crippen LogP contribution in [0, 0.1) is 11.6 Å². The van der Waals surface area contributed by atoms with E-state index in [2.05, 4.69) is 5.32 Å². The topological polar surface area (TPSA) is 49.4 Å². The van der Waals surface area contributed by atoms with Crippen molar-refractivity contribution in [2.24, 2.45) is 0 Å². The Morgan fingerprint density at radius 2 is 1.43 bits per heavy atom. The molecule has 1 aliphatic rings. The lowest BCUT2D eigenvalue weighted by Gasteiger charge is -2.15. The molecule has 0 aromatic heterocycles. The average Bonchev–Trinajstić information content (AvgIpc) is 3.00. The van der Waals surface area contributed by atoms with Crippen molar-refractivity contribution in [1.82, 2.24) is 4.90 Å². The fourth-order valence-electron chi connectivity index (χ4n) is 3.37. The van der Waals surface area contributed by atoms with Crippen molar-refractivity contribution in [3.8, 4) is 0 Å². The summed E-state index contributed by atoms with van der Waals surface area (Å²) in [5, 5.41) is 2.83. The molecule has 0 spiro atoms. The number of nitrogens with zero attached hydrogens (tertiary/aromatic N) is 1. The minimum Gasteiger partial charge on any atom is -0.350 e. The first-order valence-corrected chi connectivity index (χ1v) is 9.46. The lowest BCUT2D eigenvalue weighted by molar-refractivity contribution is -0.136. The van der Waals surface area contributed by atoms with Gasteiger partial charge in [-0.3, -0.25) is 14.5 Å². The van der Waals surface area contributed by atoms with Gasteiger partial charge in [0.1, 0.15) is 5.70 Å². The number of carbonyl (C=O) groups excluding carboxylic acids is 2. The molecule has 4 nitrogen and oxygen atoms in total. The van der Waals surface area contributed by atoms with E-state index in [-0.39, 0.29) is 23.5 Å². The molecule has 0 atom stereocenters. The molecule has 0 bridgehead atoms. The summed E-state index contributed by atoms with van der Waals surface area (Å²) in [5.41, 5.74) is 2.01. The Bertz CT molecular complexity index is 1130. The van der Waals surface area contributed by atoms with Crippen LogP contribution in [0.1, 0.15) is 11.1 Å². The molecule has 6 heteroatoms. The third kappa shape index (κ3) is 3.85. The second-order valence-corrected chi connectivity index (χ2v) is 6.87. The molecule has 3 aromatic carbocycles. The summed E-state index contributed by atoms with van der Waals surface area (Å²) in [7, 11) is 0. The number of rotatable bonds is 6. The standard InChI is InChI=1S/C24H18F2N2O2/c25-19-12-11-18(15-20(19)26)27-22-21(17-9-5-2-6-10-17)23(29)28(24(22)30)14-13-16-7-3-1-4-8-16/h1-12,15,27H,13-14H2. The summed E-state index contributed by atoms with van der Waals surface area (Å²) < 4.78 is 26.9. The number of carbonyl (C=O) groups is 2. The van der Waals surface area contributed by atoms with Gasteiger partial charge in [0, 0.05) is 18.3 Å². The van der Waals surface area contributed by atoms with Gasteiger partial charge in [-0.2, -0.15) is 0 Å². The highest BCUT2D eigenvalue weighted by atomic mass is 19.2. The zero-order valence-corrected chi connectivity index (χ0v) is 15.9. The molecule has 1 heterocycles. The first-order chi connectivity index (χ1) is 14.5. The number of halogens is 2. The second-order valence-electron chi connectivity index (χ2n) is 6.87. The Morgan fingerprint density at radius 1 is 0.767 bits per heavy atom. The molecule has 3 aromatic rings. The zero-order valence-electron chi connectivity index (χ0n) is 15.9. The number of benzene rings is 3. The lowest BCUT2D eigenvalue weighted by atomic mass is 10.0. The van der Waals surface area contributed by atoms with Crippen LogP contribution < -0.4 is 5.32 Å². The van der Waals surface area contributed by atoms with Crippen LogP contribution >= 0.6 is 0 Å². The quantitative estimate of drug-likeness (QED) is 0.620. The van der Waals surface area contributed by atoms with E-state index in [1.165, 1.54) is 11.0 Å². The molecule has 0 unspecified atom stereocenters. The van der Waals surface area contributed by atoms with E-state index in [9.17, 15) is 18.4 Å². The monoisotopic (exact) mass is 404 g/mol. The molecule has 1 aliphatic heterocycles. The maximum absolute atomic E-state index is 13.6. The van der Waals surface area contributed by atoms with E-state index in [1.54, 1.807) is 30.3 Å². The number of imide groups is 1. The highest BCUT2D eigenvalue weighted by Crippen LogP contribution is 2.30. The van der Waals surface area contributed by atoms with Gasteiger partial charge in [-0.15, -0.1) is 0 Å². The van der Waals surface area contributed by atoms with E-state index >= 15 is 0 Å². The van der Waals surface area contributed by atoms with Crippen LogP contribution in [0.25, 0.3) is 5.57 Å². The van der Waals surface area contributed by atoms with Gasteiger partial charge < -0.3 is 5.32 Å². The number of hydrogen-bond acceptors (Lipinski definition) is 3. The van der Waals surface area contributed by atoms with Gasteiger partial charge in [-0.25, -0.2) is 8.78 Å². The van der Waals surface area contributed by atoms with Gasteiger partial charge in [0.05, 0.1) is 5.57 Å². The minimum atomic E-state index is -1.04. The third-order valence-electron chi connectivity index (χ3n) is 4.89. The van der Waals surface area contributed by atoms with Crippen molar-refractivity contribution in [1.29, 1.82) is 0 Å². The van der Waals surface area contributed by atoms with Crippen molar-refractivity contribution >= 4 is 23.1 Å². The molecular formula is C24H18F2N2O2. The summed E-state index contributed by atoms with van der Waals surface area (Å²) in [4.78, 5) is 27.4. The summed E-state index contributed by atoms with van der Waals surface area (Å²) >= 11 is 0. The number of anilines is 1. The molecule has 4 rings (SSSR count). The van der Waals surface area contributed by atoms with Crippen molar-refractivity contribution in [2.45, 2.75) is 6.42 Å². The first kappa shape index (κ1) is 19.5. The smallest absolute Gasteiger partial charge is 0.278 e. The van der Waals surface area contributed by atoms with Crippen LogP contribution in [0.5, 0.6) is 0 Å². The van der Waals surface area contributed by atoms with E-state index in [0.29, 0.717) is 12.0 Å². The van der Waals surface area contributed by atoms with Crippen molar-refractivity contribution < 1.29 is 18.4 Å². The largest absolute Gasteiger partial charge is 0.350 e. The summed E-state index contributed by atoms with van der Waals surface area (Å²) in [6.07, 6.45) is 0.513. The Balaban J connectivity index is 1.66. The average molecular weight is 404 g/mol. The van der Waals surface area contributed by atoms with Crippen molar-refractivity contribution in [3.05, 3.63) is 107 Å². The fourth-order valence-corrected chi connectivity index (χ4v) is 3.37. The molecule has 2 amide bonds. The Labute approximate surface area is 172 Å². The molecule has 30 heavy (non-hydrogen) atoms.